The highest BCUT2D eigenvalue weighted by molar-refractivity contribution is 5.41. The lowest BCUT2D eigenvalue weighted by Crippen LogP contribution is -2.33. The van der Waals surface area contributed by atoms with Gasteiger partial charge in [0.05, 0.1) is 0 Å². The average Bonchev–Trinajstić information content (AvgIpc) is 2.35. The molecule has 0 radical (unpaired) electrons. The molecule has 1 aromatic carbocycles. The smallest absolute Gasteiger partial charge is 0.123 e. The molecule has 3 heteroatoms. The third-order valence-corrected chi connectivity index (χ3v) is 3.31. The van der Waals surface area contributed by atoms with Gasteiger partial charge in [0, 0.05) is 6.54 Å². The zero-order valence-corrected chi connectivity index (χ0v) is 14.4. The van der Waals surface area contributed by atoms with Crippen LogP contribution in [0.2, 0.25) is 0 Å². The largest absolute Gasteiger partial charge is 0.491 e. The van der Waals surface area contributed by atoms with Gasteiger partial charge in [-0.15, -0.1) is 0 Å². The van der Waals surface area contributed by atoms with Crippen LogP contribution in [-0.4, -0.2) is 30.9 Å². The minimum absolute atomic E-state index is 0.0300. The van der Waals surface area contributed by atoms with E-state index in [0.29, 0.717) is 19.1 Å². The highest BCUT2D eigenvalue weighted by Gasteiger charge is 2.19. The zero-order valence-electron chi connectivity index (χ0n) is 14.4. The molecule has 0 saturated carbocycles. The molecular weight excluding hydrogens is 262 g/mol. The summed E-state index contributed by atoms with van der Waals surface area (Å²) in [5.74, 6) is 1.46. The molecule has 2 N–H and O–H groups in total. The second kappa shape index (κ2) is 7.81. The second-order valence-electron chi connectivity index (χ2n) is 7.27. The molecule has 0 spiro atoms. The molecule has 0 aromatic heterocycles. The van der Waals surface area contributed by atoms with Crippen LogP contribution in [0.4, 0.5) is 0 Å². The highest BCUT2D eigenvalue weighted by Crippen LogP contribution is 2.32. The van der Waals surface area contributed by atoms with Crippen LogP contribution in [0.5, 0.6) is 5.75 Å². The summed E-state index contributed by atoms with van der Waals surface area (Å²) in [5, 5.41) is 13.2. The van der Waals surface area contributed by atoms with Crippen molar-refractivity contribution in [3.05, 3.63) is 29.3 Å². The first-order chi connectivity index (χ1) is 9.70. The van der Waals surface area contributed by atoms with E-state index in [-0.39, 0.29) is 5.41 Å². The minimum atomic E-state index is -0.488. The van der Waals surface area contributed by atoms with Crippen LogP contribution in [0, 0.1) is 12.8 Å². The Balaban J connectivity index is 2.59. The molecule has 1 aromatic rings. The van der Waals surface area contributed by atoms with Crippen molar-refractivity contribution in [2.45, 2.75) is 53.1 Å². The average molecular weight is 293 g/mol. The molecule has 21 heavy (non-hydrogen) atoms. The molecule has 1 unspecified atom stereocenters. The Hall–Kier alpha value is -1.06. The summed E-state index contributed by atoms with van der Waals surface area (Å²) in [6, 6.07) is 6.22. The molecule has 0 aliphatic rings. The molecule has 0 aliphatic heterocycles. The van der Waals surface area contributed by atoms with Gasteiger partial charge in [0.25, 0.3) is 0 Å². The SMILES string of the molecule is Cc1ccc(OCC(O)CNCC(C)C)c(C(C)(C)C)c1. The summed E-state index contributed by atoms with van der Waals surface area (Å²) >= 11 is 0. The van der Waals surface area contributed by atoms with E-state index in [1.54, 1.807) is 0 Å². The van der Waals surface area contributed by atoms with Crippen LogP contribution < -0.4 is 10.1 Å². The summed E-state index contributed by atoms with van der Waals surface area (Å²) in [5.41, 5.74) is 2.44. The Kier molecular flexibility index (Phi) is 6.69. The van der Waals surface area contributed by atoms with E-state index >= 15 is 0 Å². The van der Waals surface area contributed by atoms with E-state index in [9.17, 15) is 5.11 Å². The van der Waals surface area contributed by atoms with Crippen molar-refractivity contribution < 1.29 is 9.84 Å². The van der Waals surface area contributed by atoms with Crippen molar-refractivity contribution in [3.8, 4) is 5.75 Å². The molecular formula is C18H31NO2. The summed E-state index contributed by atoms with van der Waals surface area (Å²) in [7, 11) is 0. The van der Waals surface area contributed by atoms with Gasteiger partial charge < -0.3 is 15.2 Å². The zero-order chi connectivity index (χ0) is 16.0. The number of benzene rings is 1. The predicted octanol–water partition coefficient (Wildman–Crippen LogP) is 3.28. The fourth-order valence-electron chi connectivity index (χ4n) is 2.14. The summed E-state index contributed by atoms with van der Waals surface area (Å²) in [4.78, 5) is 0. The van der Waals surface area contributed by atoms with E-state index < -0.39 is 6.10 Å². The van der Waals surface area contributed by atoms with E-state index in [1.165, 1.54) is 11.1 Å². The normalized spacial score (nSPS) is 13.5. The van der Waals surface area contributed by atoms with Crippen LogP contribution in [0.1, 0.15) is 45.7 Å². The maximum atomic E-state index is 9.98. The first-order valence-electron chi connectivity index (χ1n) is 7.83. The van der Waals surface area contributed by atoms with Gasteiger partial charge in [-0.05, 0) is 36.4 Å². The van der Waals surface area contributed by atoms with Crippen LogP contribution in [0.25, 0.3) is 0 Å². The summed E-state index contributed by atoms with van der Waals surface area (Å²) < 4.78 is 5.85. The van der Waals surface area contributed by atoms with E-state index in [0.717, 1.165) is 12.3 Å². The lowest BCUT2D eigenvalue weighted by Gasteiger charge is -2.24. The Bertz CT molecular complexity index is 435. The van der Waals surface area contributed by atoms with Crippen molar-refractivity contribution in [2.75, 3.05) is 19.7 Å². The van der Waals surface area contributed by atoms with Gasteiger partial charge in [-0.1, -0.05) is 52.3 Å². The van der Waals surface area contributed by atoms with E-state index in [2.05, 4.69) is 52.9 Å². The second-order valence-corrected chi connectivity index (χ2v) is 7.27. The maximum Gasteiger partial charge on any atom is 0.123 e. The Morgan fingerprint density at radius 2 is 1.86 bits per heavy atom. The molecule has 0 bridgehead atoms. The van der Waals surface area contributed by atoms with Crippen LogP contribution in [0.15, 0.2) is 18.2 Å². The van der Waals surface area contributed by atoms with Crippen molar-refractivity contribution in [1.29, 1.82) is 0 Å². The molecule has 0 amide bonds. The summed E-state index contributed by atoms with van der Waals surface area (Å²) in [6.07, 6.45) is -0.488. The lowest BCUT2D eigenvalue weighted by atomic mass is 9.85. The molecule has 1 rings (SSSR count). The highest BCUT2D eigenvalue weighted by atomic mass is 16.5. The fraction of sp³-hybridized carbons (Fsp3) is 0.667. The molecule has 0 fully saturated rings. The number of hydrogen-bond donors (Lipinski definition) is 2. The first kappa shape index (κ1) is 18.0. The van der Waals surface area contributed by atoms with Gasteiger partial charge >= 0.3 is 0 Å². The van der Waals surface area contributed by atoms with Crippen molar-refractivity contribution in [3.63, 3.8) is 0 Å². The van der Waals surface area contributed by atoms with Gasteiger partial charge in [0.1, 0.15) is 18.5 Å². The molecule has 3 nitrogen and oxygen atoms in total. The standard InChI is InChI=1S/C18H31NO2/c1-13(2)10-19-11-15(20)12-21-17-8-7-14(3)9-16(17)18(4,5)6/h7-9,13,15,19-20H,10-12H2,1-6H3. The van der Waals surface area contributed by atoms with Gasteiger partial charge in [0.15, 0.2) is 0 Å². The Morgan fingerprint density at radius 3 is 2.43 bits per heavy atom. The number of hydrogen-bond acceptors (Lipinski definition) is 3. The lowest BCUT2D eigenvalue weighted by molar-refractivity contribution is 0.105. The maximum absolute atomic E-state index is 9.98. The van der Waals surface area contributed by atoms with Crippen LogP contribution >= 0.6 is 0 Å². The topological polar surface area (TPSA) is 41.5 Å². The molecule has 0 saturated heterocycles. The predicted molar refractivity (Wildman–Crippen MR) is 89.1 cm³/mol. The third-order valence-electron chi connectivity index (χ3n) is 3.31. The number of aryl methyl sites for hydroxylation is 1. The number of aliphatic hydroxyl groups is 1. The van der Waals surface area contributed by atoms with Gasteiger partial charge in [-0.2, -0.15) is 0 Å². The number of nitrogens with one attached hydrogen (secondary N) is 1. The number of rotatable bonds is 7. The van der Waals surface area contributed by atoms with Crippen molar-refractivity contribution in [2.24, 2.45) is 5.92 Å². The number of ether oxygens (including phenoxy) is 1. The van der Waals surface area contributed by atoms with E-state index in [1.807, 2.05) is 12.1 Å². The van der Waals surface area contributed by atoms with Crippen molar-refractivity contribution in [1.82, 2.24) is 5.32 Å². The molecule has 1 atom stereocenters. The fourth-order valence-corrected chi connectivity index (χ4v) is 2.14. The van der Waals surface area contributed by atoms with Crippen molar-refractivity contribution >= 4 is 0 Å². The Labute approximate surface area is 129 Å². The third kappa shape index (κ3) is 6.49. The molecule has 0 aliphatic carbocycles. The van der Waals surface area contributed by atoms with Gasteiger partial charge in [-0.25, -0.2) is 0 Å². The number of aliphatic hydroxyl groups excluding tert-OH is 1. The Morgan fingerprint density at radius 1 is 1.19 bits per heavy atom. The minimum Gasteiger partial charge on any atom is -0.491 e. The summed E-state index contributed by atoms with van der Waals surface area (Å²) in [6.45, 7) is 14.7. The van der Waals surface area contributed by atoms with Gasteiger partial charge in [-0.3, -0.25) is 0 Å². The van der Waals surface area contributed by atoms with Gasteiger partial charge in [0.2, 0.25) is 0 Å². The monoisotopic (exact) mass is 293 g/mol. The molecule has 0 heterocycles. The van der Waals surface area contributed by atoms with Crippen LogP contribution in [0.3, 0.4) is 0 Å². The quantitative estimate of drug-likeness (QED) is 0.810. The van der Waals surface area contributed by atoms with Crippen LogP contribution in [-0.2, 0) is 5.41 Å². The van der Waals surface area contributed by atoms with E-state index in [4.69, 9.17) is 4.74 Å². The molecule has 120 valence electrons. The first-order valence-corrected chi connectivity index (χ1v) is 7.83.